The Morgan fingerprint density at radius 3 is 2.71 bits per heavy atom. The van der Waals surface area contributed by atoms with Crippen LogP contribution in [0.15, 0.2) is 30.3 Å². The third kappa shape index (κ3) is 2.36. The van der Waals surface area contributed by atoms with Gasteiger partial charge >= 0.3 is 0 Å². The van der Waals surface area contributed by atoms with Crippen molar-refractivity contribution in [1.29, 1.82) is 0 Å². The molecule has 1 aromatic rings. The number of hydrogen-bond donors (Lipinski definition) is 0. The van der Waals surface area contributed by atoms with Crippen LogP contribution in [0.3, 0.4) is 0 Å². The summed E-state index contributed by atoms with van der Waals surface area (Å²) in [6.45, 7) is 4.75. The van der Waals surface area contributed by atoms with E-state index in [9.17, 15) is 0 Å². The Kier molecular flexibility index (Phi) is 3.20. The van der Waals surface area contributed by atoms with Gasteiger partial charge in [-0.3, -0.25) is 4.90 Å². The fraction of sp³-hybridized carbons (Fsp3) is 0.538. The average molecular weight is 189 g/mol. The molecule has 0 N–H and O–H groups in total. The van der Waals surface area contributed by atoms with Gasteiger partial charge < -0.3 is 0 Å². The molecule has 0 saturated carbocycles. The summed E-state index contributed by atoms with van der Waals surface area (Å²) in [7, 11) is 0. The SMILES string of the molecule is C[C@@H]1CCCCN1Cc1ccccc1. The zero-order valence-corrected chi connectivity index (χ0v) is 8.95. The van der Waals surface area contributed by atoms with Gasteiger partial charge in [-0.25, -0.2) is 0 Å². The summed E-state index contributed by atoms with van der Waals surface area (Å²) >= 11 is 0. The molecule has 0 spiro atoms. The molecule has 1 aromatic carbocycles. The van der Waals surface area contributed by atoms with Gasteiger partial charge in [-0.1, -0.05) is 36.8 Å². The number of nitrogens with zero attached hydrogens (tertiary/aromatic N) is 1. The van der Waals surface area contributed by atoms with E-state index in [0.29, 0.717) is 0 Å². The van der Waals surface area contributed by atoms with Crippen molar-refractivity contribution in [2.45, 2.75) is 38.8 Å². The van der Waals surface area contributed by atoms with Crippen LogP contribution < -0.4 is 0 Å². The van der Waals surface area contributed by atoms with E-state index in [1.807, 2.05) is 0 Å². The molecule has 1 nitrogen and oxygen atoms in total. The number of rotatable bonds is 2. The molecule has 14 heavy (non-hydrogen) atoms. The molecule has 1 atom stereocenters. The molecule has 1 fully saturated rings. The zero-order valence-electron chi connectivity index (χ0n) is 8.95. The van der Waals surface area contributed by atoms with Crippen LogP contribution in [-0.2, 0) is 6.54 Å². The maximum atomic E-state index is 2.60. The lowest BCUT2D eigenvalue weighted by atomic mass is 10.0. The summed E-state index contributed by atoms with van der Waals surface area (Å²) in [6, 6.07) is 11.6. The minimum absolute atomic E-state index is 0.768. The first-order valence-corrected chi connectivity index (χ1v) is 5.64. The van der Waals surface area contributed by atoms with E-state index in [0.717, 1.165) is 12.6 Å². The van der Waals surface area contributed by atoms with Crippen molar-refractivity contribution in [1.82, 2.24) is 4.90 Å². The predicted molar refractivity (Wildman–Crippen MR) is 60.2 cm³/mol. The second-order valence-corrected chi connectivity index (χ2v) is 4.30. The highest BCUT2D eigenvalue weighted by Gasteiger charge is 2.17. The highest BCUT2D eigenvalue weighted by molar-refractivity contribution is 5.14. The highest BCUT2D eigenvalue weighted by atomic mass is 15.2. The molecule has 0 aromatic heterocycles. The van der Waals surface area contributed by atoms with Gasteiger partial charge in [0.1, 0.15) is 0 Å². The summed E-state index contributed by atoms with van der Waals surface area (Å²) in [5.41, 5.74) is 1.45. The van der Waals surface area contributed by atoms with Gasteiger partial charge in [0.2, 0.25) is 0 Å². The number of benzene rings is 1. The standard InChI is InChI=1S/C13H19N/c1-12-7-5-6-10-14(12)11-13-8-3-2-4-9-13/h2-4,8-9,12H,5-7,10-11H2,1H3/t12-/m1/s1. The first-order chi connectivity index (χ1) is 6.86. The second-order valence-electron chi connectivity index (χ2n) is 4.30. The third-order valence-corrected chi connectivity index (χ3v) is 3.17. The fourth-order valence-electron chi connectivity index (χ4n) is 2.21. The lowest BCUT2D eigenvalue weighted by Gasteiger charge is -2.33. The van der Waals surface area contributed by atoms with Crippen LogP contribution in [0.1, 0.15) is 31.7 Å². The first kappa shape index (κ1) is 9.72. The summed E-state index contributed by atoms with van der Waals surface area (Å²) in [5.74, 6) is 0. The van der Waals surface area contributed by atoms with E-state index < -0.39 is 0 Å². The molecule has 0 unspecified atom stereocenters. The van der Waals surface area contributed by atoms with E-state index in [1.165, 1.54) is 31.4 Å². The predicted octanol–water partition coefficient (Wildman–Crippen LogP) is 3.06. The molecule has 1 heterocycles. The summed E-state index contributed by atoms with van der Waals surface area (Å²) in [6.07, 6.45) is 4.15. The smallest absolute Gasteiger partial charge is 0.0236 e. The molecule has 0 radical (unpaired) electrons. The Morgan fingerprint density at radius 1 is 1.21 bits per heavy atom. The van der Waals surface area contributed by atoms with Crippen molar-refractivity contribution in [3.05, 3.63) is 35.9 Å². The fourth-order valence-corrected chi connectivity index (χ4v) is 2.21. The molecule has 1 aliphatic rings. The second kappa shape index (κ2) is 4.61. The lowest BCUT2D eigenvalue weighted by Crippen LogP contribution is -2.36. The van der Waals surface area contributed by atoms with Crippen molar-refractivity contribution in [2.24, 2.45) is 0 Å². The minimum Gasteiger partial charge on any atom is -0.296 e. The molecule has 2 rings (SSSR count). The van der Waals surface area contributed by atoms with Crippen LogP contribution >= 0.6 is 0 Å². The third-order valence-electron chi connectivity index (χ3n) is 3.17. The normalized spacial score (nSPS) is 23.6. The Hall–Kier alpha value is -0.820. The Balaban J connectivity index is 1.96. The van der Waals surface area contributed by atoms with Crippen LogP contribution in [0.5, 0.6) is 0 Å². The molecule has 1 aliphatic heterocycles. The van der Waals surface area contributed by atoms with E-state index in [1.54, 1.807) is 0 Å². The minimum atomic E-state index is 0.768. The van der Waals surface area contributed by atoms with E-state index in [-0.39, 0.29) is 0 Å². The molecule has 76 valence electrons. The van der Waals surface area contributed by atoms with Crippen molar-refractivity contribution in [2.75, 3.05) is 6.54 Å². The highest BCUT2D eigenvalue weighted by Crippen LogP contribution is 2.18. The van der Waals surface area contributed by atoms with Crippen molar-refractivity contribution < 1.29 is 0 Å². The van der Waals surface area contributed by atoms with Crippen LogP contribution in [0.4, 0.5) is 0 Å². The number of piperidine rings is 1. The van der Waals surface area contributed by atoms with Gasteiger partial charge in [-0.15, -0.1) is 0 Å². The van der Waals surface area contributed by atoms with Gasteiger partial charge in [0, 0.05) is 12.6 Å². The van der Waals surface area contributed by atoms with Crippen LogP contribution in [0, 0.1) is 0 Å². The van der Waals surface area contributed by atoms with Gasteiger partial charge in [0.25, 0.3) is 0 Å². The van der Waals surface area contributed by atoms with Crippen LogP contribution in [0.25, 0.3) is 0 Å². The van der Waals surface area contributed by atoms with Crippen LogP contribution in [-0.4, -0.2) is 17.5 Å². The Bertz CT molecular complexity index is 268. The number of hydrogen-bond acceptors (Lipinski definition) is 1. The van der Waals surface area contributed by atoms with Crippen LogP contribution in [0.2, 0.25) is 0 Å². The summed E-state index contributed by atoms with van der Waals surface area (Å²) < 4.78 is 0. The molecular weight excluding hydrogens is 170 g/mol. The van der Waals surface area contributed by atoms with Gasteiger partial charge in [0.05, 0.1) is 0 Å². The summed E-state index contributed by atoms with van der Waals surface area (Å²) in [5, 5.41) is 0. The Labute approximate surface area is 86.7 Å². The topological polar surface area (TPSA) is 3.24 Å². The van der Waals surface area contributed by atoms with Gasteiger partial charge in [-0.05, 0) is 31.9 Å². The summed E-state index contributed by atoms with van der Waals surface area (Å²) in [4.78, 5) is 2.60. The first-order valence-electron chi connectivity index (χ1n) is 5.64. The lowest BCUT2D eigenvalue weighted by molar-refractivity contribution is 0.152. The van der Waals surface area contributed by atoms with Crippen molar-refractivity contribution in [3.63, 3.8) is 0 Å². The molecule has 0 aliphatic carbocycles. The maximum absolute atomic E-state index is 2.60. The molecule has 1 heteroatoms. The van der Waals surface area contributed by atoms with E-state index in [2.05, 4.69) is 42.2 Å². The number of likely N-dealkylation sites (tertiary alicyclic amines) is 1. The molecule has 0 amide bonds. The average Bonchev–Trinajstić information content (AvgIpc) is 2.23. The van der Waals surface area contributed by atoms with Crippen molar-refractivity contribution >= 4 is 0 Å². The Morgan fingerprint density at radius 2 is 2.00 bits per heavy atom. The molecule has 1 saturated heterocycles. The van der Waals surface area contributed by atoms with Gasteiger partial charge in [0.15, 0.2) is 0 Å². The zero-order chi connectivity index (χ0) is 9.80. The van der Waals surface area contributed by atoms with Gasteiger partial charge in [-0.2, -0.15) is 0 Å². The maximum Gasteiger partial charge on any atom is 0.0236 e. The quantitative estimate of drug-likeness (QED) is 0.691. The largest absolute Gasteiger partial charge is 0.296 e. The molecular formula is C13H19N. The van der Waals surface area contributed by atoms with Crippen molar-refractivity contribution in [3.8, 4) is 0 Å². The van der Waals surface area contributed by atoms with E-state index >= 15 is 0 Å². The monoisotopic (exact) mass is 189 g/mol. The van der Waals surface area contributed by atoms with E-state index in [4.69, 9.17) is 0 Å². The molecule has 0 bridgehead atoms.